The van der Waals surface area contributed by atoms with Crippen LogP contribution in [0.3, 0.4) is 0 Å². The molecule has 0 heterocycles. The second-order valence-electron chi connectivity index (χ2n) is 4.96. The van der Waals surface area contributed by atoms with Crippen LogP contribution >= 0.6 is 0 Å². The van der Waals surface area contributed by atoms with Crippen LogP contribution in [0.4, 0.5) is 0 Å². The van der Waals surface area contributed by atoms with Crippen molar-refractivity contribution in [1.29, 1.82) is 0 Å². The van der Waals surface area contributed by atoms with Crippen molar-refractivity contribution in [2.75, 3.05) is 14.2 Å². The molecule has 1 unspecified atom stereocenters. The maximum Gasteiger partial charge on any atom is 0.294 e. The molecule has 0 aliphatic heterocycles. The first kappa shape index (κ1) is 32.0. The molecule has 0 fully saturated rings. The maximum absolute atomic E-state index is 9.83. The predicted molar refractivity (Wildman–Crippen MR) is 107 cm³/mol. The summed E-state index contributed by atoms with van der Waals surface area (Å²) >= 11 is 0. The molecule has 0 bridgehead atoms. The number of rotatable bonds is 7. The lowest BCUT2D eigenvalue weighted by atomic mass is 10.2. The molecule has 7 heteroatoms. The molecule has 26 heavy (non-hydrogen) atoms. The number of nitrogens with zero attached hydrogens (tertiary/aromatic N) is 1. The molecule has 1 atom stereocenters. The lowest BCUT2D eigenvalue weighted by Crippen LogP contribution is -2.15. The van der Waals surface area contributed by atoms with Crippen LogP contribution in [-0.4, -0.2) is 30.7 Å². The van der Waals surface area contributed by atoms with E-state index in [1.165, 1.54) is 19.1 Å². The predicted octanol–water partition coefficient (Wildman–Crippen LogP) is 5.76. The third kappa shape index (κ3) is 30.2. The van der Waals surface area contributed by atoms with Crippen molar-refractivity contribution in [2.45, 2.75) is 73.5 Å². The van der Waals surface area contributed by atoms with Gasteiger partial charge in [0, 0.05) is 7.11 Å². The van der Waals surface area contributed by atoms with E-state index < -0.39 is 5.09 Å². The summed E-state index contributed by atoms with van der Waals surface area (Å²) < 4.78 is 4.93. The van der Waals surface area contributed by atoms with Gasteiger partial charge in [0.2, 0.25) is 0 Å². The monoisotopic (exact) mass is 377 g/mol. The van der Waals surface area contributed by atoms with Gasteiger partial charge >= 0.3 is 0 Å². The van der Waals surface area contributed by atoms with E-state index in [1.807, 2.05) is 44.2 Å². The molecule has 0 aliphatic carbocycles. The normalized spacial score (nSPS) is 9.50. The van der Waals surface area contributed by atoms with E-state index in [0.717, 1.165) is 12.8 Å². The quantitative estimate of drug-likeness (QED) is 0.369. The SMILES string of the molecule is C.CCC.CCCC(CC)O[N+](=O)[O-].COCc1ccccc1.COO. The molecule has 0 saturated heterocycles. The largest absolute Gasteiger partial charge is 0.380 e. The van der Waals surface area contributed by atoms with Crippen molar-refractivity contribution >= 4 is 0 Å². The van der Waals surface area contributed by atoms with Crippen LogP contribution in [0, 0.1) is 10.1 Å². The Hall–Kier alpha value is -1.70. The molecule has 1 aromatic carbocycles. The minimum atomic E-state index is -0.718. The van der Waals surface area contributed by atoms with Gasteiger partial charge in [-0.3, -0.25) is 5.26 Å². The fourth-order valence-corrected chi connectivity index (χ4v) is 1.52. The van der Waals surface area contributed by atoms with Crippen molar-refractivity contribution in [1.82, 2.24) is 0 Å². The Bertz CT molecular complexity index is 360. The Morgan fingerprint density at radius 1 is 1.12 bits per heavy atom. The lowest BCUT2D eigenvalue weighted by Gasteiger charge is -2.09. The summed E-state index contributed by atoms with van der Waals surface area (Å²) in [6.07, 6.45) is 3.43. The molecule has 0 spiro atoms. The Morgan fingerprint density at radius 3 is 1.88 bits per heavy atom. The summed E-state index contributed by atoms with van der Waals surface area (Å²) in [6, 6.07) is 10.1. The molecular weight excluding hydrogens is 338 g/mol. The first-order valence-corrected chi connectivity index (χ1v) is 8.48. The van der Waals surface area contributed by atoms with Crippen LogP contribution in [0.15, 0.2) is 30.3 Å². The molecule has 0 aliphatic rings. The average Bonchev–Trinajstić information content (AvgIpc) is 2.57. The van der Waals surface area contributed by atoms with E-state index in [1.54, 1.807) is 7.11 Å². The zero-order valence-corrected chi connectivity index (χ0v) is 16.4. The third-order valence-electron chi connectivity index (χ3n) is 2.45. The zero-order valence-electron chi connectivity index (χ0n) is 16.4. The average molecular weight is 378 g/mol. The summed E-state index contributed by atoms with van der Waals surface area (Å²) in [7, 11) is 2.88. The molecule has 0 saturated carbocycles. The molecule has 1 N–H and O–H groups in total. The Kier molecular flexibility index (Phi) is 34.6. The minimum absolute atomic E-state index is 0. The molecule has 156 valence electrons. The van der Waals surface area contributed by atoms with Gasteiger partial charge in [-0.05, 0) is 18.4 Å². The van der Waals surface area contributed by atoms with Crippen LogP contribution < -0.4 is 0 Å². The van der Waals surface area contributed by atoms with Crippen molar-refractivity contribution in [3.05, 3.63) is 46.0 Å². The molecule has 1 rings (SSSR count). The number of hydrogen-bond acceptors (Lipinski definition) is 6. The standard InChI is InChI=1S/C8H10O.C6H13NO3.C3H8.CH4O2.CH4/c1-9-7-8-5-3-2-4-6-8;1-3-5-6(4-2)10-7(8)9;2*1-3-2;/h2-6H,7H2,1H3;6H,3-5H2,1-2H3;3H2,1-2H3;2H,1H3;1H4. The first-order chi connectivity index (χ1) is 12.0. The van der Waals surface area contributed by atoms with Gasteiger partial charge in [-0.2, -0.15) is 0 Å². The maximum atomic E-state index is 9.83. The third-order valence-corrected chi connectivity index (χ3v) is 2.45. The second kappa shape index (κ2) is 28.1. The van der Waals surface area contributed by atoms with Crippen molar-refractivity contribution in [3.63, 3.8) is 0 Å². The Balaban J connectivity index is -0.000000139. The molecule has 0 radical (unpaired) electrons. The van der Waals surface area contributed by atoms with Gasteiger partial charge in [0.25, 0.3) is 5.09 Å². The van der Waals surface area contributed by atoms with Crippen molar-refractivity contribution < 1.29 is 24.8 Å². The van der Waals surface area contributed by atoms with E-state index in [-0.39, 0.29) is 13.5 Å². The van der Waals surface area contributed by atoms with Gasteiger partial charge in [-0.15, -0.1) is 10.1 Å². The van der Waals surface area contributed by atoms with Gasteiger partial charge in [0.1, 0.15) is 6.10 Å². The van der Waals surface area contributed by atoms with E-state index >= 15 is 0 Å². The first-order valence-electron chi connectivity index (χ1n) is 8.48. The molecule has 1 aromatic rings. The highest BCUT2D eigenvalue weighted by atomic mass is 17.1. The summed E-state index contributed by atoms with van der Waals surface area (Å²) in [5.41, 5.74) is 1.22. The van der Waals surface area contributed by atoms with E-state index in [4.69, 9.17) is 9.99 Å². The second-order valence-corrected chi connectivity index (χ2v) is 4.96. The van der Waals surface area contributed by atoms with Crippen LogP contribution in [0.5, 0.6) is 0 Å². The summed E-state index contributed by atoms with van der Waals surface area (Å²) in [5.74, 6) is 0. The lowest BCUT2D eigenvalue weighted by molar-refractivity contribution is -0.768. The number of hydrogen-bond donors (Lipinski definition) is 1. The van der Waals surface area contributed by atoms with Crippen LogP contribution in [0.25, 0.3) is 0 Å². The van der Waals surface area contributed by atoms with Gasteiger partial charge in [0.05, 0.1) is 13.7 Å². The van der Waals surface area contributed by atoms with Crippen molar-refractivity contribution in [3.8, 4) is 0 Å². The van der Waals surface area contributed by atoms with E-state index in [9.17, 15) is 10.1 Å². The highest BCUT2D eigenvalue weighted by molar-refractivity contribution is 5.13. The van der Waals surface area contributed by atoms with E-state index in [2.05, 4.69) is 23.6 Å². The van der Waals surface area contributed by atoms with Gasteiger partial charge in [0.15, 0.2) is 0 Å². The zero-order chi connectivity index (χ0) is 19.9. The molecule has 7 nitrogen and oxygen atoms in total. The smallest absolute Gasteiger partial charge is 0.294 e. The van der Waals surface area contributed by atoms with Gasteiger partial charge in [-0.25, -0.2) is 4.89 Å². The summed E-state index contributed by atoms with van der Waals surface area (Å²) in [5, 5.41) is 16.2. The number of benzene rings is 1. The number of methoxy groups -OCH3 is 1. The minimum Gasteiger partial charge on any atom is -0.380 e. The highest BCUT2D eigenvalue weighted by Crippen LogP contribution is 2.05. The summed E-state index contributed by atoms with van der Waals surface area (Å²) in [4.78, 5) is 17.4. The van der Waals surface area contributed by atoms with Crippen LogP contribution in [0.2, 0.25) is 0 Å². The molecule has 0 amide bonds. The van der Waals surface area contributed by atoms with Gasteiger partial charge in [-0.1, -0.05) is 78.3 Å². The Labute approximate surface area is 159 Å². The van der Waals surface area contributed by atoms with Gasteiger partial charge < -0.3 is 9.57 Å². The van der Waals surface area contributed by atoms with Crippen molar-refractivity contribution in [2.24, 2.45) is 0 Å². The fourth-order valence-electron chi connectivity index (χ4n) is 1.52. The number of ether oxygens (including phenoxy) is 1. The van der Waals surface area contributed by atoms with E-state index in [0.29, 0.717) is 13.0 Å². The highest BCUT2D eigenvalue weighted by Gasteiger charge is 2.08. The molecular formula is C19H39NO6. The fraction of sp³-hybridized carbons (Fsp3) is 0.684. The Morgan fingerprint density at radius 2 is 1.58 bits per heavy atom. The summed E-state index contributed by atoms with van der Waals surface area (Å²) in [6.45, 7) is 8.82. The topological polar surface area (TPSA) is 91.1 Å². The molecule has 0 aromatic heterocycles. The van der Waals surface area contributed by atoms with Crippen LogP contribution in [-0.2, 0) is 21.1 Å². The van der Waals surface area contributed by atoms with Crippen LogP contribution in [0.1, 0.15) is 66.4 Å².